The average Bonchev–Trinajstić information content (AvgIpc) is 3.55. The summed E-state index contributed by atoms with van der Waals surface area (Å²) in [6.45, 7) is 0. The van der Waals surface area contributed by atoms with Crippen LogP contribution in [0.25, 0.3) is 27.8 Å². The van der Waals surface area contributed by atoms with E-state index in [0.29, 0.717) is 22.2 Å². The quantitative estimate of drug-likeness (QED) is 0.313. The Kier molecular flexibility index (Phi) is 4.78. The highest BCUT2D eigenvalue weighted by Crippen LogP contribution is 2.27. The molecular formula is C23H14ClN3O2S. The first kappa shape index (κ1) is 18.5. The van der Waals surface area contributed by atoms with Gasteiger partial charge >= 0.3 is 0 Å². The van der Waals surface area contributed by atoms with Gasteiger partial charge in [0, 0.05) is 45.6 Å². The summed E-state index contributed by atoms with van der Waals surface area (Å²) in [5, 5.41) is 3.24. The molecule has 0 aliphatic rings. The third kappa shape index (κ3) is 3.58. The topological polar surface area (TPSA) is 60.9 Å². The van der Waals surface area contributed by atoms with Gasteiger partial charge in [0.1, 0.15) is 22.8 Å². The molecule has 5 aromatic rings. The van der Waals surface area contributed by atoms with Crippen molar-refractivity contribution in [1.82, 2.24) is 14.5 Å². The highest BCUT2D eigenvalue weighted by molar-refractivity contribution is 7.13. The van der Waals surface area contributed by atoms with Gasteiger partial charge in [0.2, 0.25) is 11.7 Å². The lowest BCUT2D eigenvalue weighted by atomic mass is 10.1. The van der Waals surface area contributed by atoms with Crippen LogP contribution in [0.2, 0.25) is 5.02 Å². The number of hydrogen-bond donors (Lipinski definition) is 0. The number of carbonyl (C=O) groups is 1. The standard InChI is InChI=1S/C23H14ClN3O2S/c24-18-7-5-17(6-8-18)23-26-19(13-30-23)22(28)16-3-1-15(2-4-16)20-9-10-21(29-20)27-12-11-25-14-27/h1-14H. The summed E-state index contributed by atoms with van der Waals surface area (Å²) in [6.07, 6.45) is 5.19. The van der Waals surface area contributed by atoms with Gasteiger partial charge in [0.25, 0.3) is 0 Å². The first-order valence-corrected chi connectivity index (χ1v) is 10.4. The highest BCUT2D eigenvalue weighted by atomic mass is 35.5. The molecule has 0 spiro atoms. The minimum absolute atomic E-state index is 0.114. The van der Waals surface area contributed by atoms with Gasteiger partial charge in [-0.15, -0.1) is 11.3 Å². The van der Waals surface area contributed by atoms with Crippen LogP contribution in [0.15, 0.2) is 89.2 Å². The van der Waals surface area contributed by atoms with E-state index in [1.807, 2.05) is 54.7 Å². The molecular weight excluding hydrogens is 418 g/mol. The molecule has 3 aromatic heterocycles. The second-order valence-corrected chi connectivity index (χ2v) is 7.85. The van der Waals surface area contributed by atoms with Gasteiger partial charge in [0.15, 0.2) is 0 Å². The van der Waals surface area contributed by atoms with E-state index in [1.54, 1.807) is 34.6 Å². The molecule has 0 amide bonds. The number of furan rings is 1. The van der Waals surface area contributed by atoms with E-state index in [2.05, 4.69) is 9.97 Å². The first-order chi connectivity index (χ1) is 14.7. The van der Waals surface area contributed by atoms with Crippen molar-refractivity contribution in [3.8, 4) is 27.8 Å². The van der Waals surface area contributed by atoms with Crippen LogP contribution in [0.4, 0.5) is 0 Å². The van der Waals surface area contributed by atoms with Gasteiger partial charge in [0.05, 0.1) is 0 Å². The van der Waals surface area contributed by atoms with Crippen molar-refractivity contribution in [3.63, 3.8) is 0 Å². The van der Waals surface area contributed by atoms with Crippen LogP contribution in [0.3, 0.4) is 0 Å². The van der Waals surface area contributed by atoms with Gasteiger partial charge in [-0.3, -0.25) is 9.36 Å². The van der Waals surface area contributed by atoms with Gasteiger partial charge in [-0.05, 0) is 18.2 Å². The van der Waals surface area contributed by atoms with E-state index < -0.39 is 0 Å². The average molecular weight is 432 g/mol. The zero-order valence-corrected chi connectivity index (χ0v) is 17.1. The summed E-state index contributed by atoms with van der Waals surface area (Å²) < 4.78 is 7.67. The Labute approximate surface area is 181 Å². The summed E-state index contributed by atoms with van der Waals surface area (Å²) in [7, 11) is 0. The first-order valence-electron chi connectivity index (χ1n) is 9.12. The monoisotopic (exact) mass is 431 g/mol. The molecule has 3 heterocycles. The summed E-state index contributed by atoms with van der Waals surface area (Å²) in [6, 6.07) is 18.5. The fraction of sp³-hybridized carbons (Fsp3) is 0. The Morgan fingerprint density at radius 1 is 0.967 bits per heavy atom. The van der Waals surface area contributed by atoms with Crippen molar-refractivity contribution in [2.45, 2.75) is 0 Å². The van der Waals surface area contributed by atoms with E-state index in [0.717, 1.165) is 21.9 Å². The smallest absolute Gasteiger partial charge is 0.212 e. The predicted octanol–water partition coefficient (Wildman–Crippen LogP) is 6.14. The number of aromatic nitrogens is 3. The van der Waals surface area contributed by atoms with Gasteiger partial charge < -0.3 is 4.42 Å². The maximum absolute atomic E-state index is 12.8. The molecule has 146 valence electrons. The van der Waals surface area contributed by atoms with Crippen LogP contribution >= 0.6 is 22.9 Å². The van der Waals surface area contributed by atoms with E-state index in [4.69, 9.17) is 16.0 Å². The normalized spacial score (nSPS) is 11.0. The molecule has 7 heteroatoms. The van der Waals surface area contributed by atoms with Crippen molar-refractivity contribution >= 4 is 28.7 Å². The lowest BCUT2D eigenvalue weighted by Gasteiger charge is -2.01. The van der Waals surface area contributed by atoms with Crippen molar-refractivity contribution in [1.29, 1.82) is 0 Å². The number of carbonyl (C=O) groups excluding carboxylic acids is 1. The highest BCUT2D eigenvalue weighted by Gasteiger charge is 2.15. The minimum Gasteiger partial charge on any atom is -0.440 e. The molecule has 0 aliphatic carbocycles. The molecule has 0 bridgehead atoms. The Morgan fingerprint density at radius 2 is 1.73 bits per heavy atom. The SMILES string of the molecule is O=C(c1ccc(-c2ccc(-n3ccnc3)o2)cc1)c1csc(-c2ccc(Cl)cc2)n1. The third-order valence-electron chi connectivity index (χ3n) is 4.61. The van der Waals surface area contributed by atoms with E-state index >= 15 is 0 Å². The molecule has 0 saturated carbocycles. The number of thiazole rings is 1. The number of ketones is 1. The van der Waals surface area contributed by atoms with Crippen LogP contribution in [-0.4, -0.2) is 20.3 Å². The molecule has 0 aliphatic heterocycles. The second kappa shape index (κ2) is 7.74. The lowest BCUT2D eigenvalue weighted by molar-refractivity contribution is 0.103. The lowest BCUT2D eigenvalue weighted by Crippen LogP contribution is -2.01. The molecule has 5 nitrogen and oxygen atoms in total. The van der Waals surface area contributed by atoms with Gasteiger partial charge in [-0.1, -0.05) is 48.0 Å². The summed E-state index contributed by atoms with van der Waals surface area (Å²) in [5.41, 5.74) is 2.83. The van der Waals surface area contributed by atoms with Crippen LogP contribution in [0.5, 0.6) is 0 Å². The third-order valence-corrected chi connectivity index (χ3v) is 5.75. The molecule has 2 aromatic carbocycles. The zero-order chi connectivity index (χ0) is 20.5. The van der Waals surface area contributed by atoms with Gasteiger partial charge in [-0.2, -0.15) is 0 Å². The van der Waals surface area contributed by atoms with Gasteiger partial charge in [-0.25, -0.2) is 9.97 Å². The molecule has 30 heavy (non-hydrogen) atoms. The van der Waals surface area contributed by atoms with Crippen molar-refractivity contribution in [2.24, 2.45) is 0 Å². The number of imidazole rings is 1. The summed E-state index contributed by atoms with van der Waals surface area (Å²) in [4.78, 5) is 21.4. The maximum Gasteiger partial charge on any atom is 0.212 e. The second-order valence-electron chi connectivity index (χ2n) is 6.56. The zero-order valence-electron chi connectivity index (χ0n) is 15.5. The predicted molar refractivity (Wildman–Crippen MR) is 117 cm³/mol. The van der Waals surface area contributed by atoms with Crippen LogP contribution in [0, 0.1) is 0 Å². The molecule has 0 atom stereocenters. The molecule has 0 unspecified atom stereocenters. The summed E-state index contributed by atoms with van der Waals surface area (Å²) in [5.74, 6) is 1.28. The number of hydrogen-bond acceptors (Lipinski definition) is 5. The molecule has 0 saturated heterocycles. The Hall–Kier alpha value is -3.48. The number of halogens is 1. The number of benzene rings is 2. The maximum atomic E-state index is 12.8. The van der Waals surface area contributed by atoms with Crippen molar-refractivity contribution in [3.05, 3.63) is 101 Å². The van der Waals surface area contributed by atoms with E-state index in [-0.39, 0.29) is 5.78 Å². The Balaban J connectivity index is 1.35. The molecule has 0 fully saturated rings. The molecule has 5 rings (SSSR count). The minimum atomic E-state index is -0.114. The van der Waals surface area contributed by atoms with Crippen LogP contribution in [-0.2, 0) is 0 Å². The molecule has 0 radical (unpaired) electrons. The van der Waals surface area contributed by atoms with Crippen molar-refractivity contribution in [2.75, 3.05) is 0 Å². The molecule has 0 N–H and O–H groups in total. The fourth-order valence-electron chi connectivity index (χ4n) is 3.05. The van der Waals surface area contributed by atoms with Crippen LogP contribution < -0.4 is 0 Å². The number of nitrogens with zero attached hydrogens (tertiary/aromatic N) is 3. The Morgan fingerprint density at radius 3 is 2.47 bits per heavy atom. The van der Waals surface area contributed by atoms with Crippen molar-refractivity contribution < 1.29 is 9.21 Å². The summed E-state index contributed by atoms with van der Waals surface area (Å²) >= 11 is 7.37. The largest absolute Gasteiger partial charge is 0.440 e. The Bertz CT molecular complexity index is 1300. The van der Waals surface area contributed by atoms with Crippen LogP contribution in [0.1, 0.15) is 16.1 Å². The van der Waals surface area contributed by atoms with E-state index in [9.17, 15) is 4.79 Å². The fourth-order valence-corrected chi connectivity index (χ4v) is 3.98. The van der Waals surface area contributed by atoms with E-state index in [1.165, 1.54) is 11.3 Å². The number of rotatable bonds is 5.